The van der Waals surface area contributed by atoms with E-state index in [0.29, 0.717) is 12.5 Å². The molecule has 0 radical (unpaired) electrons. The van der Waals surface area contributed by atoms with Crippen LogP contribution in [0.4, 0.5) is 10.6 Å². The summed E-state index contributed by atoms with van der Waals surface area (Å²) < 4.78 is 5.47. The number of nitrogens with zero attached hydrogens (tertiary/aromatic N) is 4. The van der Waals surface area contributed by atoms with Crippen LogP contribution in [0.3, 0.4) is 0 Å². The van der Waals surface area contributed by atoms with Crippen molar-refractivity contribution in [3.63, 3.8) is 0 Å². The highest BCUT2D eigenvalue weighted by Crippen LogP contribution is 2.41. The Morgan fingerprint density at radius 1 is 1.37 bits per heavy atom. The predicted octanol–water partition coefficient (Wildman–Crippen LogP) is 3.87. The lowest BCUT2D eigenvalue weighted by Crippen LogP contribution is -2.37. The molecule has 1 aliphatic carbocycles. The van der Waals surface area contributed by atoms with Crippen LogP contribution >= 0.6 is 11.3 Å². The molecule has 1 saturated heterocycles. The lowest BCUT2D eigenvalue weighted by atomic mass is 10.1. The second-order valence-electron chi connectivity index (χ2n) is 8.70. The summed E-state index contributed by atoms with van der Waals surface area (Å²) in [5, 5.41) is 1.27. The molecule has 0 N–H and O–H groups in total. The Labute approximate surface area is 164 Å². The molecule has 2 aromatic rings. The summed E-state index contributed by atoms with van der Waals surface area (Å²) in [7, 11) is 1.82. The first-order valence-corrected chi connectivity index (χ1v) is 10.6. The number of aryl methyl sites for hydroxylation is 2. The molecule has 3 heterocycles. The first-order valence-electron chi connectivity index (χ1n) is 9.76. The van der Waals surface area contributed by atoms with Crippen molar-refractivity contribution in [2.24, 2.45) is 5.92 Å². The number of amides is 1. The summed E-state index contributed by atoms with van der Waals surface area (Å²) in [6, 6.07) is 0. The van der Waals surface area contributed by atoms with Crippen molar-refractivity contribution in [2.75, 3.05) is 31.6 Å². The number of ether oxygens (including phenoxy) is 1. The summed E-state index contributed by atoms with van der Waals surface area (Å²) >= 11 is 1.83. The molecule has 7 heteroatoms. The maximum absolute atomic E-state index is 12.2. The highest BCUT2D eigenvalue weighted by atomic mass is 32.1. The summed E-state index contributed by atoms with van der Waals surface area (Å²) in [4.78, 5) is 28.1. The van der Waals surface area contributed by atoms with Gasteiger partial charge in [0.2, 0.25) is 0 Å². The zero-order valence-electron chi connectivity index (χ0n) is 16.6. The fourth-order valence-corrected chi connectivity index (χ4v) is 5.35. The minimum atomic E-state index is -0.459. The number of hydrogen-bond donors (Lipinski definition) is 0. The summed E-state index contributed by atoms with van der Waals surface area (Å²) in [6.07, 6.45) is 6.08. The summed E-state index contributed by atoms with van der Waals surface area (Å²) in [6.45, 7) is 8.30. The van der Waals surface area contributed by atoms with Crippen molar-refractivity contribution in [1.82, 2.24) is 14.9 Å². The molecular formula is C20H28N4O2S. The fourth-order valence-electron chi connectivity index (χ4n) is 4.13. The maximum Gasteiger partial charge on any atom is 0.410 e. The van der Waals surface area contributed by atoms with Gasteiger partial charge in [0.25, 0.3) is 0 Å². The number of hydrogen-bond acceptors (Lipinski definition) is 6. The van der Waals surface area contributed by atoms with Crippen LogP contribution in [0.1, 0.15) is 44.1 Å². The topological polar surface area (TPSA) is 58.6 Å². The van der Waals surface area contributed by atoms with E-state index in [1.165, 1.54) is 28.7 Å². The van der Waals surface area contributed by atoms with E-state index in [2.05, 4.69) is 14.9 Å². The van der Waals surface area contributed by atoms with Gasteiger partial charge >= 0.3 is 6.09 Å². The van der Waals surface area contributed by atoms with Gasteiger partial charge in [0, 0.05) is 31.6 Å². The van der Waals surface area contributed by atoms with Crippen LogP contribution in [-0.4, -0.2) is 53.2 Å². The van der Waals surface area contributed by atoms with Crippen LogP contribution < -0.4 is 4.90 Å². The summed E-state index contributed by atoms with van der Waals surface area (Å²) in [5.74, 6) is 1.51. The number of rotatable bonds is 3. The molecular weight excluding hydrogens is 360 g/mol. The van der Waals surface area contributed by atoms with Gasteiger partial charge in [-0.2, -0.15) is 0 Å². The lowest BCUT2D eigenvalue weighted by Gasteiger charge is -2.26. The molecule has 1 atom stereocenters. The molecule has 1 unspecified atom stereocenters. The average molecular weight is 389 g/mol. The Hall–Kier alpha value is -1.89. The smallest absolute Gasteiger partial charge is 0.410 e. The normalized spacial score (nSPS) is 19.6. The van der Waals surface area contributed by atoms with Crippen molar-refractivity contribution in [2.45, 2.75) is 52.1 Å². The van der Waals surface area contributed by atoms with Gasteiger partial charge in [-0.05, 0) is 57.9 Å². The van der Waals surface area contributed by atoms with Crippen LogP contribution in [0.5, 0.6) is 0 Å². The van der Waals surface area contributed by atoms with E-state index in [4.69, 9.17) is 4.74 Å². The molecule has 1 fully saturated rings. The molecule has 1 amide bonds. The molecule has 27 heavy (non-hydrogen) atoms. The number of fused-ring (bicyclic) bond motifs is 3. The molecule has 0 aromatic carbocycles. The second-order valence-corrected chi connectivity index (χ2v) is 9.78. The van der Waals surface area contributed by atoms with Gasteiger partial charge in [0.05, 0.1) is 5.39 Å². The average Bonchev–Trinajstić information content (AvgIpc) is 3.27. The SMILES string of the molecule is CN(CC1CCN(c2ncnc3sc4c(c23)CCC4)C1)C(=O)OC(C)(C)C. The first-order chi connectivity index (χ1) is 12.8. The van der Waals surface area contributed by atoms with Crippen molar-refractivity contribution in [3.05, 3.63) is 16.8 Å². The van der Waals surface area contributed by atoms with E-state index in [9.17, 15) is 4.79 Å². The third kappa shape index (κ3) is 3.74. The second kappa shape index (κ2) is 6.93. The monoisotopic (exact) mass is 388 g/mol. The predicted molar refractivity (Wildman–Crippen MR) is 109 cm³/mol. The Kier molecular flexibility index (Phi) is 4.74. The Balaban J connectivity index is 1.46. The van der Waals surface area contributed by atoms with Crippen molar-refractivity contribution in [1.29, 1.82) is 0 Å². The molecule has 6 nitrogen and oxygen atoms in total. The van der Waals surface area contributed by atoms with Crippen LogP contribution in [-0.2, 0) is 17.6 Å². The van der Waals surface area contributed by atoms with Crippen molar-refractivity contribution < 1.29 is 9.53 Å². The van der Waals surface area contributed by atoms with Crippen LogP contribution in [0, 0.1) is 5.92 Å². The molecule has 1 aliphatic heterocycles. The van der Waals surface area contributed by atoms with E-state index >= 15 is 0 Å². The largest absolute Gasteiger partial charge is 0.444 e. The number of aromatic nitrogens is 2. The Morgan fingerprint density at radius 3 is 2.96 bits per heavy atom. The van der Waals surface area contributed by atoms with Gasteiger partial charge in [-0.25, -0.2) is 14.8 Å². The van der Waals surface area contributed by atoms with E-state index in [1.54, 1.807) is 11.2 Å². The fraction of sp³-hybridized carbons (Fsp3) is 0.650. The molecule has 2 aliphatic rings. The zero-order valence-corrected chi connectivity index (χ0v) is 17.4. The van der Waals surface area contributed by atoms with Gasteiger partial charge in [0.1, 0.15) is 22.6 Å². The number of carbonyl (C=O) groups is 1. The van der Waals surface area contributed by atoms with Crippen LogP contribution in [0.15, 0.2) is 6.33 Å². The minimum absolute atomic E-state index is 0.249. The third-order valence-corrected chi connectivity index (χ3v) is 6.50. The highest BCUT2D eigenvalue weighted by molar-refractivity contribution is 7.19. The van der Waals surface area contributed by atoms with Crippen molar-refractivity contribution >= 4 is 33.5 Å². The molecule has 4 rings (SSSR count). The number of thiophene rings is 1. The standard InChI is InChI=1S/C20H28N4O2S/c1-20(2,3)26-19(25)23(4)10-13-8-9-24(11-13)17-16-14-6-5-7-15(14)27-18(16)22-12-21-17/h12-13H,5-11H2,1-4H3. The van der Waals surface area contributed by atoms with E-state index in [-0.39, 0.29) is 6.09 Å². The van der Waals surface area contributed by atoms with Gasteiger partial charge in [-0.3, -0.25) is 0 Å². The van der Waals surface area contributed by atoms with E-state index in [1.807, 2.05) is 39.2 Å². The molecule has 0 bridgehead atoms. The van der Waals surface area contributed by atoms with Crippen molar-refractivity contribution in [3.8, 4) is 0 Å². The molecule has 2 aromatic heterocycles. The zero-order chi connectivity index (χ0) is 19.2. The van der Waals surface area contributed by atoms with Crippen LogP contribution in [0.2, 0.25) is 0 Å². The first kappa shape index (κ1) is 18.5. The molecule has 0 saturated carbocycles. The van der Waals surface area contributed by atoms with Gasteiger partial charge in [-0.1, -0.05) is 0 Å². The molecule has 0 spiro atoms. The van der Waals surface area contributed by atoms with Crippen LogP contribution in [0.25, 0.3) is 10.2 Å². The Bertz CT molecular complexity index is 858. The molecule has 146 valence electrons. The van der Waals surface area contributed by atoms with E-state index < -0.39 is 5.60 Å². The number of anilines is 1. The van der Waals surface area contributed by atoms with Gasteiger partial charge in [-0.15, -0.1) is 11.3 Å². The Morgan fingerprint density at radius 2 is 2.19 bits per heavy atom. The van der Waals surface area contributed by atoms with E-state index in [0.717, 1.165) is 36.6 Å². The highest BCUT2D eigenvalue weighted by Gasteiger charge is 2.30. The van der Waals surface area contributed by atoms with Gasteiger partial charge < -0.3 is 14.5 Å². The quantitative estimate of drug-likeness (QED) is 0.799. The van der Waals surface area contributed by atoms with Gasteiger partial charge in [0.15, 0.2) is 0 Å². The minimum Gasteiger partial charge on any atom is -0.444 e. The summed E-state index contributed by atoms with van der Waals surface area (Å²) in [5.41, 5.74) is 1.01. The number of carbonyl (C=O) groups excluding carboxylic acids is 1. The maximum atomic E-state index is 12.2. The third-order valence-electron chi connectivity index (χ3n) is 5.30. The lowest BCUT2D eigenvalue weighted by molar-refractivity contribution is 0.0277.